The minimum absolute atomic E-state index is 0.0987. The van der Waals surface area contributed by atoms with Gasteiger partial charge in [0.1, 0.15) is 0 Å². The molecule has 2 saturated carbocycles. The smallest absolute Gasteiger partial charge is 0.225 e. The number of allylic oxidation sites excluding steroid dienone is 2. The molecule has 0 amide bonds. The molecule has 0 aliphatic heterocycles. The van der Waals surface area contributed by atoms with Gasteiger partial charge in [-0.05, 0) is 41.7 Å². The summed E-state index contributed by atoms with van der Waals surface area (Å²) in [5.74, 6) is 2.87. The third-order valence-electron chi connectivity index (χ3n) is 3.53. The minimum Gasteiger partial charge on any atom is -0.281 e. The highest BCUT2D eigenvalue weighted by Gasteiger charge is 2.65. The lowest BCUT2D eigenvalue weighted by atomic mass is 10.0. The topological polar surface area (TPSA) is 17.1 Å². The summed E-state index contributed by atoms with van der Waals surface area (Å²) in [5, 5.41) is -0.0987. The first-order valence-corrected chi connectivity index (χ1v) is 4.54. The van der Waals surface area contributed by atoms with E-state index in [0.29, 0.717) is 23.7 Å². The Morgan fingerprint density at radius 2 is 1.82 bits per heavy atom. The Hall–Kier alpha value is -0.300. The van der Waals surface area contributed by atoms with E-state index < -0.39 is 0 Å². The highest BCUT2D eigenvalue weighted by molar-refractivity contribution is 6.64. The van der Waals surface area contributed by atoms with Crippen molar-refractivity contribution in [3.05, 3.63) is 12.2 Å². The van der Waals surface area contributed by atoms with Gasteiger partial charge < -0.3 is 0 Å². The van der Waals surface area contributed by atoms with Crippen LogP contribution < -0.4 is 0 Å². The van der Waals surface area contributed by atoms with Crippen LogP contribution in [-0.4, -0.2) is 5.24 Å². The SMILES string of the molecule is O=C(Cl)C1C2C3C=CC(C3)C12. The molecule has 0 spiro atoms. The first kappa shape index (κ1) is 6.24. The average Bonchev–Trinajstić information content (AvgIpc) is 2.44. The highest BCUT2D eigenvalue weighted by Crippen LogP contribution is 2.67. The van der Waals surface area contributed by atoms with E-state index in [1.54, 1.807) is 0 Å². The number of hydrogen-bond acceptors (Lipinski definition) is 1. The number of rotatable bonds is 1. The summed E-state index contributed by atoms with van der Waals surface area (Å²) in [4.78, 5) is 10.9. The number of hydrogen-bond donors (Lipinski definition) is 0. The van der Waals surface area contributed by atoms with E-state index in [9.17, 15) is 4.79 Å². The maximum Gasteiger partial charge on any atom is 0.225 e. The molecule has 11 heavy (non-hydrogen) atoms. The van der Waals surface area contributed by atoms with Crippen molar-refractivity contribution in [2.45, 2.75) is 6.42 Å². The third kappa shape index (κ3) is 0.610. The summed E-state index contributed by atoms with van der Waals surface area (Å²) < 4.78 is 0. The maximum absolute atomic E-state index is 10.9. The van der Waals surface area contributed by atoms with Crippen molar-refractivity contribution < 1.29 is 4.79 Å². The Bertz CT molecular complexity index is 240. The number of halogens is 1. The quantitative estimate of drug-likeness (QED) is 0.431. The summed E-state index contributed by atoms with van der Waals surface area (Å²) in [6.45, 7) is 0. The van der Waals surface area contributed by atoms with Crippen molar-refractivity contribution in [3.8, 4) is 0 Å². The minimum atomic E-state index is -0.0987. The molecule has 58 valence electrons. The zero-order valence-corrected chi connectivity index (χ0v) is 6.79. The predicted octanol–water partition coefficient (Wildman–Crippen LogP) is 1.82. The molecule has 0 heterocycles. The molecule has 4 atom stereocenters. The molecule has 2 fully saturated rings. The van der Waals surface area contributed by atoms with E-state index in [-0.39, 0.29) is 11.2 Å². The van der Waals surface area contributed by atoms with Crippen molar-refractivity contribution in [2.75, 3.05) is 0 Å². The molecule has 4 unspecified atom stereocenters. The molecule has 0 saturated heterocycles. The van der Waals surface area contributed by atoms with Crippen molar-refractivity contribution in [1.82, 2.24) is 0 Å². The van der Waals surface area contributed by atoms with Crippen LogP contribution in [0.3, 0.4) is 0 Å². The molecule has 0 aromatic carbocycles. The Labute approximate surface area is 70.4 Å². The number of carbonyl (C=O) groups is 1. The molecular formula is C9H9ClO. The Morgan fingerprint density at radius 3 is 2.27 bits per heavy atom. The Balaban J connectivity index is 1.90. The number of carbonyl (C=O) groups excluding carboxylic acids is 1. The molecule has 2 heteroatoms. The summed E-state index contributed by atoms with van der Waals surface area (Å²) >= 11 is 5.47. The van der Waals surface area contributed by atoms with Crippen molar-refractivity contribution in [2.24, 2.45) is 29.6 Å². The van der Waals surface area contributed by atoms with Gasteiger partial charge in [0.25, 0.3) is 0 Å². The van der Waals surface area contributed by atoms with Crippen molar-refractivity contribution in [1.29, 1.82) is 0 Å². The van der Waals surface area contributed by atoms with Crippen LogP contribution in [-0.2, 0) is 4.79 Å². The van der Waals surface area contributed by atoms with Gasteiger partial charge >= 0.3 is 0 Å². The van der Waals surface area contributed by atoms with Crippen LogP contribution in [0.15, 0.2) is 12.2 Å². The molecule has 0 radical (unpaired) electrons. The zero-order chi connectivity index (χ0) is 7.59. The van der Waals surface area contributed by atoms with Gasteiger partial charge in [-0.25, -0.2) is 0 Å². The first-order chi connectivity index (χ1) is 5.29. The molecular weight excluding hydrogens is 160 g/mol. The van der Waals surface area contributed by atoms with Crippen LogP contribution in [0.5, 0.6) is 0 Å². The predicted molar refractivity (Wildman–Crippen MR) is 42.1 cm³/mol. The van der Waals surface area contributed by atoms with Gasteiger partial charge in [0.2, 0.25) is 5.24 Å². The summed E-state index contributed by atoms with van der Waals surface area (Å²) in [6, 6.07) is 0. The fraction of sp³-hybridized carbons (Fsp3) is 0.667. The fourth-order valence-corrected chi connectivity index (χ4v) is 3.38. The van der Waals surface area contributed by atoms with Crippen molar-refractivity contribution >= 4 is 16.8 Å². The van der Waals surface area contributed by atoms with E-state index in [2.05, 4.69) is 12.2 Å². The normalized spacial score (nSPS) is 56.3. The Kier molecular flexibility index (Phi) is 0.972. The van der Waals surface area contributed by atoms with Gasteiger partial charge in [-0.1, -0.05) is 12.2 Å². The lowest BCUT2D eigenvalue weighted by molar-refractivity contribution is -0.113. The standard InChI is InChI=1S/C9H9ClO/c10-9(11)8-6-4-1-2-5(3-4)7(6)8/h1-2,4-8H,3H2. The van der Waals surface area contributed by atoms with E-state index in [4.69, 9.17) is 11.6 Å². The second-order valence-corrected chi connectivity index (χ2v) is 4.31. The lowest BCUT2D eigenvalue weighted by Gasteiger charge is -2.03. The molecule has 0 aromatic rings. The zero-order valence-electron chi connectivity index (χ0n) is 6.03. The lowest BCUT2D eigenvalue weighted by Crippen LogP contribution is -2.03. The monoisotopic (exact) mass is 168 g/mol. The van der Waals surface area contributed by atoms with E-state index in [1.165, 1.54) is 6.42 Å². The summed E-state index contributed by atoms with van der Waals surface area (Å²) in [6.07, 6.45) is 5.83. The van der Waals surface area contributed by atoms with E-state index >= 15 is 0 Å². The number of fused-ring (bicyclic) bond motifs is 5. The average molecular weight is 169 g/mol. The van der Waals surface area contributed by atoms with E-state index in [1.807, 2.05) is 0 Å². The van der Waals surface area contributed by atoms with Gasteiger partial charge in [0.05, 0.1) is 0 Å². The van der Waals surface area contributed by atoms with Gasteiger partial charge in [0.15, 0.2) is 0 Å². The molecule has 0 aromatic heterocycles. The molecule has 3 aliphatic carbocycles. The summed E-state index contributed by atoms with van der Waals surface area (Å²) in [5.41, 5.74) is 0. The van der Waals surface area contributed by atoms with Crippen LogP contribution in [0.25, 0.3) is 0 Å². The highest BCUT2D eigenvalue weighted by atomic mass is 35.5. The van der Waals surface area contributed by atoms with E-state index in [0.717, 1.165) is 0 Å². The second-order valence-electron chi connectivity index (χ2n) is 3.93. The molecule has 3 aliphatic rings. The second kappa shape index (κ2) is 1.71. The van der Waals surface area contributed by atoms with Crippen LogP contribution in [0, 0.1) is 29.6 Å². The summed E-state index contributed by atoms with van der Waals surface area (Å²) in [7, 11) is 0. The largest absolute Gasteiger partial charge is 0.281 e. The molecule has 1 nitrogen and oxygen atoms in total. The molecule has 0 N–H and O–H groups in total. The van der Waals surface area contributed by atoms with Crippen LogP contribution >= 0.6 is 11.6 Å². The maximum atomic E-state index is 10.9. The van der Waals surface area contributed by atoms with Crippen LogP contribution in [0.4, 0.5) is 0 Å². The fourth-order valence-electron chi connectivity index (χ4n) is 3.09. The van der Waals surface area contributed by atoms with Crippen molar-refractivity contribution in [3.63, 3.8) is 0 Å². The Morgan fingerprint density at radius 1 is 1.27 bits per heavy atom. The molecule has 2 bridgehead atoms. The van der Waals surface area contributed by atoms with Gasteiger partial charge in [-0.2, -0.15) is 0 Å². The van der Waals surface area contributed by atoms with Crippen LogP contribution in [0.2, 0.25) is 0 Å². The first-order valence-electron chi connectivity index (χ1n) is 4.16. The third-order valence-corrected chi connectivity index (χ3v) is 3.79. The van der Waals surface area contributed by atoms with Crippen LogP contribution in [0.1, 0.15) is 6.42 Å². The van der Waals surface area contributed by atoms with Gasteiger partial charge in [-0.3, -0.25) is 4.79 Å². The van der Waals surface area contributed by atoms with Gasteiger partial charge in [0, 0.05) is 5.92 Å². The van der Waals surface area contributed by atoms with Gasteiger partial charge in [-0.15, -0.1) is 0 Å². The molecule has 3 rings (SSSR count).